The molecule has 0 bridgehead atoms. The van der Waals surface area contributed by atoms with Crippen LogP contribution in [0.2, 0.25) is 0 Å². The highest BCUT2D eigenvalue weighted by Crippen LogP contribution is 2.40. The van der Waals surface area contributed by atoms with E-state index in [-0.39, 0.29) is 39.2 Å². The van der Waals surface area contributed by atoms with Gasteiger partial charge in [-0.15, -0.1) is 0 Å². The van der Waals surface area contributed by atoms with Gasteiger partial charge in [-0.25, -0.2) is 8.78 Å². The highest BCUT2D eigenvalue weighted by atomic mass is 19.1. The minimum atomic E-state index is -0.908. The number of methoxy groups -OCH3 is 2. The summed E-state index contributed by atoms with van der Waals surface area (Å²) in [5, 5.41) is 6.25. The van der Waals surface area contributed by atoms with Crippen molar-refractivity contribution in [2.24, 2.45) is 11.8 Å². The molecule has 5 rings (SSSR count). The van der Waals surface area contributed by atoms with Crippen LogP contribution in [0.4, 0.5) is 8.78 Å². The average Bonchev–Trinajstić information content (AvgIpc) is 3.77. The number of hydrogen-bond donors (Lipinski definition) is 2. The largest absolute Gasteiger partial charge is 0.494 e. The second-order valence-electron chi connectivity index (χ2n) is 10.7. The zero-order valence-electron chi connectivity index (χ0n) is 24.5. The van der Waals surface area contributed by atoms with Gasteiger partial charge in [0.25, 0.3) is 5.91 Å². The number of nitrogens with one attached hydrogen (secondary N) is 2. The van der Waals surface area contributed by atoms with Crippen molar-refractivity contribution in [2.45, 2.75) is 13.8 Å². The number of carbonyl (C=O) groups excluding carboxylic acids is 1. The van der Waals surface area contributed by atoms with Gasteiger partial charge in [-0.2, -0.15) is 0 Å². The second kappa shape index (κ2) is 12.4. The topological polar surface area (TPSA) is 91.8 Å². The van der Waals surface area contributed by atoms with Crippen molar-refractivity contribution in [1.29, 1.82) is 0 Å². The number of hydrogen-bond acceptors (Lipinski definition) is 8. The Bertz CT molecular complexity index is 1520. The van der Waals surface area contributed by atoms with Crippen LogP contribution in [0.3, 0.4) is 0 Å². The molecular formula is C31H36F2N6O3. The molecule has 0 saturated carbocycles. The number of likely N-dealkylation sites (N-methyl/N-ethyl adjacent to an activating group) is 1. The van der Waals surface area contributed by atoms with Gasteiger partial charge in [0.05, 0.1) is 30.9 Å². The van der Waals surface area contributed by atoms with Crippen LogP contribution < -0.4 is 20.1 Å². The van der Waals surface area contributed by atoms with Gasteiger partial charge in [0, 0.05) is 68.4 Å². The monoisotopic (exact) mass is 578 g/mol. The lowest BCUT2D eigenvalue weighted by Gasteiger charge is -2.34. The van der Waals surface area contributed by atoms with E-state index in [2.05, 4.69) is 50.4 Å². The minimum absolute atomic E-state index is 0.117. The van der Waals surface area contributed by atoms with Crippen LogP contribution in [0.1, 0.15) is 24.2 Å². The molecule has 2 aliphatic rings. The first-order valence-electron chi connectivity index (χ1n) is 14.0. The van der Waals surface area contributed by atoms with Gasteiger partial charge >= 0.3 is 0 Å². The molecule has 3 aromatic rings. The number of halogens is 2. The molecular weight excluding hydrogens is 542 g/mol. The number of ether oxygens (including phenoxy) is 2. The van der Waals surface area contributed by atoms with Crippen LogP contribution in [0.5, 0.6) is 11.5 Å². The Labute approximate surface area is 244 Å². The summed E-state index contributed by atoms with van der Waals surface area (Å²) in [4.78, 5) is 27.0. The SMILES string of the molecule is C/C=C(/NC(=O)c1ccc(-c2c(F)c(OC)cc(OC)c2F)c2nccnc12)NC1=C[C@@H]1[C@@H](C)CN1CCN(C)CC1. The molecule has 2 aromatic carbocycles. The highest BCUT2D eigenvalue weighted by molar-refractivity contribution is 6.08. The van der Waals surface area contributed by atoms with Crippen LogP contribution in [0, 0.1) is 23.5 Å². The summed E-state index contributed by atoms with van der Waals surface area (Å²) in [6.45, 7) is 9.42. The Morgan fingerprint density at radius 1 is 1.07 bits per heavy atom. The molecule has 0 unspecified atom stereocenters. The van der Waals surface area contributed by atoms with Crippen molar-refractivity contribution in [1.82, 2.24) is 30.4 Å². The Hall–Kier alpha value is -4.09. The van der Waals surface area contributed by atoms with Gasteiger partial charge in [-0.05, 0) is 32.0 Å². The summed E-state index contributed by atoms with van der Waals surface area (Å²) in [7, 11) is 4.72. The van der Waals surface area contributed by atoms with Gasteiger partial charge in [-0.1, -0.05) is 19.1 Å². The predicted molar refractivity (Wildman–Crippen MR) is 157 cm³/mol. The van der Waals surface area contributed by atoms with Gasteiger partial charge < -0.3 is 29.9 Å². The Morgan fingerprint density at radius 2 is 1.71 bits per heavy atom. The molecule has 2 N–H and O–H groups in total. The predicted octanol–water partition coefficient (Wildman–Crippen LogP) is 4.17. The number of piperazine rings is 1. The standard InChI is InChI=1S/C31H36F2N6O3/c1-6-25(36-22-15-21(22)18(2)17-39-13-11-38(3)12-14-39)37-31(40)20-8-7-19(29-30(20)35-10-9-34-29)26-27(32)23(41-4)16-24(42-5)28(26)33/h6-10,15-16,18,21,36H,11-14,17H2,1-5H3,(H,37,40)/b25-6+/t18-,21+/m0/s1. The fourth-order valence-electron chi connectivity index (χ4n) is 5.38. The summed E-state index contributed by atoms with van der Waals surface area (Å²) in [6.07, 6.45) is 6.80. The van der Waals surface area contributed by atoms with Crippen molar-refractivity contribution >= 4 is 16.9 Å². The first-order valence-corrected chi connectivity index (χ1v) is 14.0. The van der Waals surface area contributed by atoms with E-state index in [9.17, 15) is 4.79 Å². The number of allylic oxidation sites excluding steroid dienone is 3. The van der Waals surface area contributed by atoms with Crippen LogP contribution in [0.15, 0.2) is 54.3 Å². The van der Waals surface area contributed by atoms with Crippen molar-refractivity contribution < 1.29 is 23.0 Å². The number of benzene rings is 2. The van der Waals surface area contributed by atoms with E-state index in [0.717, 1.165) is 44.5 Å². The minimum Gasteiger partial charge on any atom is -0.494 e. The summed E-state index contributed by atoms with van der Waals surface area (Å²) in [6, 6.07) is 4.08. The van der Waals surface area contributed by atoms with Crippen LogP contribution in [-0.4, -0.2) is 79.7 Å². The summed E-state index contributed by atoms with van der Waals surface area (Å²) >= 11 is 0. The first-order chi connectivity index (χ1) is 20.2. The summed E-state index contributed by atoms with van der Waals surface area (Å²) in [5.41, 5.74) is 1.39. The molecule has 2 heterocycles. The summed E-state index contributed by atoms with van der Waals surface area (Å²) in [5.74, 6) is -1.30. The quantitative estimate of drug-likeness (QED) is 0.371. The van der Waals surface area contributed by atoms with Crippen molar-refractivity contribution in [3.63, 3.8) is 0 Å². The lowest BCUT2D eigenvalue weighted by Crippen LogP contribution is -2.46. The molecule has 1 aliphatic heterocycles. The van der Waals surface area contributed by atoms with Crippen LogP contribution >= 0.6 is 0 Å². The Kier molecular flexibility index (Phi) is 8.69. The third kappa shape index (κ3) is 5.93. The van der Waals surface area contributed by atoms with E-state index >= 15 is 8.78 Å². The van der Waals surface area contributed by atoms with Gasteiger partial charge in [0.1, 0.15) is 11.3 Å². The first kappa shape index (κ1) is 29.4. The second-order valence-corrected chi connectivity index (χ2v) is 10.7. The molecule has 11 heteroatoms. The fourth-order valence-corrected chi connectivity index (χ4v) is 5.38. The van der Waals surface area contributed by atoms with Crippen molar-refractivity contribution in [2.75, 3.05) is 54.0 Å². The van der Waals surface area contributed by atoms with E-state index < -0.39 is 17.5 Å². The normalized spacial score (nSPS) is 18.4. The average molecular weight is 579 g/mol. The number of amides is 1. The molecule has 0 radical (unpaired) electrons. The lowest BCUT2D eigenvalue weighted by atomic mass is 9.98. The van der Waals surface area contributed by atoms with Crippen LogP contribution in [0.25, 0.3) is 22.2 Å². The molecule has 2 atom stereocenters. The van der Waals surface area contributed by atoms with Crippen LogP contribution in [-0.2, 0) is 0 Å². The molecule has 42 heavy (non-hydrogen) atoms. The molecule has 9 nitrogen and oxygen atoms in total. The molecule has 1 saturated heterocycles. The zero-order chi connectivity index (χ0) is 30.0. The summed E-state index contributed by atoms with van der Waals surface area (Å²) < 4.78 is 40.8. The third-order valence-corrected chi connectivity index (χ3v) is 7.89. The van der Waals surface area contributed by atoms with E-state index in [4.69, 9.17) is 9.47 Å². The zero-order valence-corrected chi connectivity index (χ0v) is 24.5. The number of carbonyl (C=O) groups is 1. The molecule has 1 aromatic heterocycles. The molecule has 1 amide bonds. The number of fused-ring (bicyclic) bond motifs is 1. The maximum Gasteiger partial charge on any atom is 0.259 e. The molecule has 222 valence electrons. The van der Waals surface area contributed by atoms with Gasteiger partial charge in [0.2, 0.25) is 0 Å². The smallest absolute Gasteiger partial charge is 0.259 e. The maximum atomic E-state index is 15.3. The van der Waals surface area contributed by atoms with Gasteiger partial charge in [0.15, 0.2) is 23.1 Å². The van der Waals surface area contributed by atoms with Crippen molar-refractivity contribution in [3.05, 3.63) is 71.5 Å². The number of nitrogens with zero attached hydrogens (tertiary/aromatic N) is 4. The van der Waals surface area contributed by atoms with Gasteiger partial charge in [-0.3, -0.25) is 14.8 Å². The molecule has 1 aliphatic carbocycles. The fraction of sp³-hybridized carbons (Fsp3) is 0.387. The highest BCUT2D eigenvalue weighted by Gasteiger charge is 2.33. The van der Waals surface area contributed by atoms with E-state index in [1.165, 1.54) is 38.7 Å². The third-order valence-electron chi connectivity index (χ3n) is 7.89. The lowest BCUT2D eigenvalue weighted by molar-refractivity contribution is 0.0965. The Balaban J connectivity index is 1.32. The van der Waals surface area contributed by atoms with E-state index in [0.29, 0.717) is 17.7 Å². The maximum absolute atomic E-state index is 15.3. The molecule has 0 spiro atoms. The molecule has 1 fully saturated rings. The Morgan fingerprint density at radius 3 is 2.33 bits per heavy atom. The number of rotatable bonds is 10. The van der Waals surface area contributed by atoms with E-state index in [1.807, 2.05) is 6.92 Å². The van der Waals surface area contributed by atoms with E-state index in [1.54, 1.807) is 6.08 Å². The van der Waals surface area contributed by atoms with Crippen molar-refractivity contribution in [3.8, 4) is 22.6 Å². The number of aromatic nitrogens is 2.